The molecule has 5 aromatic rings. The van der Waals surface area contributed by atoms with Crippen LogP contribution in [0.2, 0.25) is 0 Å². The Morgan fingerprint density at radius 2 is 1.90 bits per heavy atom. The molecule has 2 aromatic heterocycles. The molecule has 1 aliphatic heterocycles. The van der Waals surface area contributed by atoms with Gasteiger partial charge < -0.3 is 9.15 Å². The average Bonchev–Trinajstić information content (AvgIpc) is 3.71. The highest BCUT2D eigenvalue weighted by Gasteiger charge is 2.31. The van der Waals surface area contributed by atoms with Gasteiger partial charge in [0, 0.05) is 12.1 Å². The summed E-state index contributed by atoms with van der Waals surface area (Å²) in [7, 11) is -3.76. The summed E-state index contributed by atoms with van der Waals surface area (Å²) in [6.07, 6.45) is 2.23. The Morgan fingerprint density at radius 3 is 2.67 bits per heavy atom. The van der Waals surface area contributed by atoms with E-state index in [4.69, 9.17) is 14.1 Å². The third-order valence-corrected chi connectivity index (χ3v) is 9.43. The summed E-state index contributed by atoms with van der Waals surface area (Å²) in [5.41, 5.74) is 2.80. The van der Waals surface area contributed by atoms with E-state index in [1.165, 1.54) is 27.8 Å². The molecule has 0 spiro atoms. The van der Waals surface area contributed by atoms with E-state index >= 15 is 0 Å². The van der Waals surface area contributed by atoms with Gasteiger partial charge in [0.05, 0.1) is 40.2 Å². The number of rotatable bonds is 8. The Kier molecular flexibility index (Phi) is 6.58. The Morgan fingerprint density at radius 1 is 1.08 bits per heavy atom. The molecular formula is C29H25N3O5S2. The number of benzene rings is 3. The van der Waals surface area contributed by atoms with Crippen LogP contribution in [0.25, 0.3) is 10.2 Å². The van der Waals surface area contributed by atoms with Crippen molar-refractivity contribution in [1.82, 2.24) is 4.98 Å². The largest absolute Gasteiger partial charge is 0.494 e. The van der Waals surface area contributed by atoms with Crippen LogP contribution < -0.4 is 13.9 Å². The van der Waals surface area contributed by atoms with Crippen molar-refractivity contribution in [2.75, 3.05) is 22.4 Å². The van der Waals surface area contributed by atoms with Gasteiger partial charge in [-0.3, -0.25) is 14.0 Å². The number of sulfonamides is 1. The van der Waals surface area contributed by atoms with Crippen LogP contribution in [0.4, 0.5) is 10.8 Å². The topological polar surface area (TPSA) is 93.0 Å². The number of aromatic nitrogens is 1. The number of fused-ring (bicyclic) bond motifs is 2. The number of para-hydroxylation sites is 1. The maximum atomic E-state index is 13.8. The van der Waals surface area contributed by atoms with Crippen molar-refractivity contribution in [2.24, 2.45) is 0 Å². The predicted molar refractivity (Wildman–Crippen MR) is 151 cm³/mol. The minimum atomic E-state index is -3.76. The minimum Gasteiger partial charge on any atom is -0.494 e. The van der Waals surface area contributed by atoms with Crippen LogP contribution in [-0.2, 0) is 23.0 Å². The third-order valence-electron chi connectivity index (χ3n) is 6.56. The summed E-state index contributed by atoms with van der Waals surface area (Å²) >= 11 is 1.38. The Hall–Kier alpha value is -4.15. The monoisotopic (exact) mass is 559 g/mol. The second kappa shape index (κ2) is 10.2. The fraction of sp³-hybridized carbons (Fsp3) is 0.172. The molecule has 3 aromatic carbocycles. The number of anilines is 2. The van der Waals surface area contributed by atoms with E-state index in [1.54, 1.807) is 35.4 Å². The van der Waals surface area contributed by atoms with Crippen molar-refractivity contribution in [3.05, 3.63) is 102 Å². The van der Waals surface area contributed by atoms with Crippen LogP contribution in [0.5, 0.6) is 5.75 Å². The standard InChI is InChI=1S/C29H25N3O5S2/c1-2-36-22-11-14-25-27(18-22)38-29(30-25)31(19-23-7-5-17-37-23)28(33)21-9-12-24(13-10-21)39(34,35)32-16-15-20-6-3-4-8-26(20)32/h3-14,17-18H,2,15-16,19H2,1H3. The van der Waals surface area contributed by atoms with Gasteiger partial charge in [-0.1, -0.05) is 29.5 Å². The molecule has 3 heterocycles. The number of carbonyl (C=O) groups excluding carboxylic acids is 1. The highest BCUT2D eigenvalue weighted by Crippen LogP contribution is 2.35. The molecule has 0 radical (unpaired) electrons. The molecule has 10 heteroatoms. The lowest BCUT2D eigenvalue weighted by molar-refractivity contribution is 0.0983. The second-order valence-corrected chi connectivity index (χ2v) is 11.9. The van der Waals surface area contributed by atoms with Gasteiger partial charge in [0.25, 0.3) is 15.9 Å². The van der Waals surface area contributed by atoms with Crippen LogP contribution in [0.3, 0.4) is 0 Å². The smallest absolute Gasteiger partial charge is 0.264 e. The van der Waals surface area contributed by atoms with E-state index in [0.717, 1.165) is 21.5 Å². The number of nitrogens with zero attached hydrogens (tertiary/aromatic N) is 3. The van der Waals surface area contributed by atoms with Crippen molar-refractivity contribution in [1.29, 1.82) is 0 Å². The highest BCUT2D eigenvalue weighted by molar-refractivity contribution is 7.92. The van der Waals surface area contributed by atoms with Crippen LogP contribution in [-0.4, -0.2) is 32.5 Å². The van der Waals surface area contributed by atoms with Gasteiger partial charge >= 0.3 is 0 Å². The van der Waals surface area contributed by atoms with Gasteiger partial charge in [-0.25, -0.2) is 13.4 Å². The molecule has 1 amide bonds. The molecule has 0 saturated carbocycles. The number of ether oxygens (including phenoxy) is 1. The van der Waals surface area contributed by atoms with Gasteiger partial charge in [0.2, 0.25) is 0 Å². The summed E-state index contributed by atoms with van der Waals surface area (Å²) in [6.45, 7) is 3.04. The lowest BCUT2D eigenvalue weighted by Gasteiger charge is -2.21. The van der Waals surface area contributed by atoms with Crippen molar-refractivity contribution in [3.8, 4) is 5.75 Å². The highest BCUT2D eigenvalue weighted by atomic mass is 32.2. The Balaban J connectivity index is 1.31. The molecule has 0 saturated heterocycles. The molecule has 0 atom stereocenters. The number of carbonyl (C=O) groups is 1. The van der Waals surface area contributed by atoms with Gasteiger partial charge in [0.1, 0.15) is 11.5 Å². The first kappa shape index (κ1) is 25.1. The molecule has 0 aliphatic carbocycles. The molecule has 8 nitrogen and oxygen atoms in total. The zero-order valence-electron chi connectivity index (χ0n) is 21.1. The zero-order chi connectivity index (χ0) is 27.0. The molecule has 0 N–H and O–H groups in total. The predicted octanol–water partition coefficient (Wildman–Crippen LogP) is 5.89. The molecule has 1 aliphatic rings. The third kappa shape index (κ3) is 4.77. The van der Waals surface area contributed by atoms with E-state index in [9.17, 15) is 13.2 Å². The van der Waals surface area contributed by atoms with Crippen LogP contribution in [0, 0.1) is 0 Å². The van der Waals surface area contributed by atoms with E-state index in [0.29, 0.717) is 41.7 Å². The SMILES string of the molecule is CCOc1ccc2nc(N(Cc3ccco3)C(=O)c3ccc(S(=O)(=O)N4CCc5ccccc54)cc3)sc2c1. The minimum absolute atomic E-state index is 0.136. The first-order valence-corrected chi connectivity index (χ1v) is 14.8. The maximum Gasteiger partial charge on any atom is 0.264 e. The van der Waals surface area contributed by atoms with E-state index in [1.807, 2.05) is 49.4 Å². The van der Waals surface area contributed by atoms with Gasteiger partial charge in [-0.15, -0.1) is 0 Å². The molecule has 0 fully saturated rings. The average molecular weight is 560 g/mol. The molecule has 198 valence electrons. The summed E-state index contributed by atoms with van der Waals surface area (Å²) in [6, 6.07) is 22.8. The first-order valence-electron chi connectivity index (χ1n) is 12.5. The van der Waals surface area contributed by atoms with Gasteiger partial charge in [0.15, 0.2) is 5.13 Å². The normalized spacial score (nSPS) is 13.0. The quantitative estimate of drug-likeness (QED) is 0.236. The lowest BCUT2D eigenvalue weighted by atomic mass is 10.2. The molecule has 0 unspecified atom stereocenters. The first-order chi connectivity index (χ1) is 18.9. The summed E-state index contributed by atoms with van der Waals surface area (Å²) in [5.74, 6) is 1.02. The second-order valence-electron chi connectivity index (χ2n) is 9.01. The fourth-order valence-electron chi connectivity index (χ4n) is 4.66. The summed E-state index contributed by atoms with van der Waals surface area (Å²) in [4.78, 5) is 20.1. The molecule has 39 heavy (non-hydrogen) atoms. The maximum absolute atomic E-state index is 13.8. The molecule has 0 bridgehead atoms. The Bertz CT molecular complexity index is 1750. The number of hydrogen-bond acceptors (Lipinski definition) is 7. The van der Waals surface area contributed by atoms with Crippen molar-refractivity contribution in [3.63, 3.8) is 0 Å². The number of hydrogen-bond donors (Lipinski definition) is 0. The molecule has 6 rings (SSSR count). The summed E-state index contributed by atoms with van der Waals surface area (Å²) in [5, 5.41) is 0.505. The summed E-state index contributed by atoms with van der Waals surface area (Å²) < 4.78 is 40.3. The zero-order valence-corrected chi connectivity index (χ0v) is 22.7. The molecular weight excluding hydrogens is 534 g/mol. The van der Waals surface area contributed by atoms with Crippen LogP contribution in [0.15, 0.2) is 94.4 Å². The fourth-order valence-corrected chi connectivity index (χ4v) is 7.15. The van der Waals surface area contributed by atoms with Gasteiger partial charge in [-0.05, 0) is 79.6 Å². The van der Waals surface area contributed by atoms with E-state index in [-0.39, 0.29) is 17.3 Å². The van der Waals surface area contributed by atoms with E-state index < -0.39 is 10.0 Å². The Labute approximate surface area is 230 Å². The number of furan rings is 1. The van der Waals surface area contributed by atoms with Crippen molar-refractivity contribution in [2.45, 2.75) is 24.8 Å². The van der Waals surface area contributed by atoms with Crippen molar-refractivity contribution >= 4 is 48.3 Å². The number of thiazole rings is 1. The van der Waals surface area contributed by atoms with Gasteiger partial charge in [-0.2, -0.15) is 0 Å². The van der Waals surface area contributed by atoms with Crippen LogP contribution in [0.1, 0.15) is 28.6 Å². The van der Waals surface area contributed by atoms with E-state index in [2.05, 4.69) is 0 Å². The van der Waals surface area contributed by atoms with Crippen molar-refractivity contribution < 1.29 is 22.4 Å². The van der Waals surface area contributed by atoms with Crippen LogP contribution >= 0.6 is 11.3 Å². The number of amides is 1. The lowest BCUT2D eigenvalue weighted by Crippen LogP contribution is -2.31.